The zero-order valence-corrected chi connectivity index (χ0v) is 12.1. The molecule has 0 saturated carbocycles. The first-order valence-corrected chi connectivity index (χ1v) is 7.07. The van der Waals surface area contributed by atoms with Crippen molar-refractivity contribution >= 4 is 0 Å². The minimum Gasteiger partial charge on any atom is -0.378 e. The maximum atomic E-state index is 11.6. The van der Waals surface area contributed by atoms with Gasteiger partial charge in [-0.15, -0.1) is 6.58 Å². The van der Waals surface area contributed by atoms with E-state index in [9.17, 15) is 5.11 Å². The lowest BCUT2D eigenvalue weighted by atomic mass is 9.80. The van der Waals surface area contributed by atoms with E-state index < -0.39 is 11.6 Å². The van der Waals surface area contributed by atoms with Gasteiger partial charge in [-0.1, -0.05) is 66.7 Å². The number of nitrogens with zero attached hydrogens (tertiary/aromatic N) is 3. The molecule has 4 nitrogen and oxygen atoms in total. The lowest BCUT2D eigenvalue weighted by Gasteiger charge is -2.35. The second-order valence-corrected chi connectivity index (χ2v) is 5.05. The van der Waals surface area contributed by atoms with Crippen LogP contribution in [0.5, 0.6) is 0 Å². The number of aliphatic hydroxyl groups is 1. The molecule has 0 aliphatic rings. The zero-order chi connectivity index (χ0) is 15.4. The van der Waals surface area contributed by atoms with Gasteiger partial charge in [0.05, 0.1) is 0 Å². The van der Waals surface area contributed by atoms with E-state index >= 15 is 0 Å². The topological polar surface area (TPSA) is 50.9 Å². The summed E-state index contributed by atoms with van der Waals surface area (Å²) in [5, 5.41) is 15.8. The normalized spacial score (nSPS) is 12.8. The maximum Gasteiger partial charge on any atom is 0.141 e. The number of hydrogen-bond acceptors (Lipinski definition) is 3. The Morgan fingerprint density at radius 1 is 1.00 bits per heavy atom. The van der Waals surface area contributed by atoms with Crippen LogP contribution in [0.25, 0.3) is 0 Å². The van der Waals surface area contributed by atoms with Crippen LogP contribution >= 0.6 is 0 Å². The van der Waals surface area contributed by atoms with Gasteiger partial charge in [-0.2, -0.15) is 5.10 Å². The molecule has 110 valence electrons. The smallest absolute Gasteiger partial charge is 0.141 e. The van der Waals surface area contributed by atoms with Gasteiger partial charge in [0, 0.05) is 0 Å². The molecule has 0 unspecified atom stereocenters. The van der Waals surface area contributed by atoms with E-state index in [1.165, 1.54) is 6.33 Å². The monoisotopic (exact) mass is 291 g/mol. The summed E-state index contributed by atoms with van der Waals surface area (Å²) >= 11 is 0. The first-order chi connectivity index (χ1) is 10.8. The number of aromatic nitrogens is 3. The lowest BCUT2D eigenvalue weighted by Crippen LogP contribution is -2.37. The fraction of sp³-hybridized carbons (Fsp3) is 0.111. The van der Waals surface area contributed by atoms with E-state index in [-0.39, 0.29) is 0 Å². The number of benzene rings is 2. The molecule has 1 heterocycles. The third kappa shape index (κ3) is 2.34. The average molecular weight is 291 g/mol. The van der Waals surface area contributed by atoms with Crippen molar-refractivity contribution in [2.24, 2.45) is 0 Å². The van der Waals surface area contributed by atoms with Crippen molar-refractivity contribution in [2.45, 2.75) is 11.6 Å². The van der Waals surface area contributed by atoms with Crippen molar-refractivity contribution in [3.05, 3.63) is 97.1 Å². The second-order valence-electron chi connectivity index (χ2n) is 5.05. The van der Waals surface area contributed by atoms with Crippen molar-refractivity contribution in [3.63, 3.8) is 0 Å². The van der Waals surface area contributed by atoms with Crippen molar-refractivity contribution in [3.8, 4) is 0 Å². The fourth-order valence-electron chi connectivity index (χ4n) is 2.72. The summed E-state index contributed by atoms with van der Waals surface area (Å²) in [7, 11) is 0. The van der Waals surface area contributed by atoms with E-state index in [1.807, 2.05) is 60.7 Å². The molecule has 0 spiro atoms. The summed E-state index contributed by atoms with van der Waals surface area (Å²) in [6, 6.07) is 18.6. The van der Waals surface area contributed by atoms with Crippen molar-refractivity contribution in [1.29, 1.82) is 0 Å². The highest BCUT2D eigenvalue weighted by molar-refractivity contribution is 5.38. The standard InChI is InChI=1S/C18H17N3O/c1-2-17(21-14-19-13-20-21)18(22,15-9-5-3-6-10-15)16-11-7-4-8-12-16/h2-14,17,22H,1H2/t17-/m0/s1. The van der Waals surface area contributed by atoms with Gasteiger partial charge < -0.3 is 5.11 Å². The summed E-state index contributed by atoms with van der Waals surface area (Å²) in [5.41, 5.74) is 0.279. The van der Waals surface area contributed by atoms with Crippen LogP contribution in [-0.4, -0.2) is 19.9 Å². The molecule has 1 N–H and O–H groups in total. The van der Waals surface area contributed by atoms with Crippen molar-refractivity contribution < 1.29 is 5.11 Å². The largest absolute Gasteiger partial charge is 0.378 e. The van der Waals surface area contributed by atoms with Crippen LogP contribution in [0.3, 0.4) is 0 Å². The molecule has 0 amide bonds. The molecule has 3 aromatic rings. The maximum absolute atomic E-state index is 11.6. The van der Waals surface area contributed by atoms with E-state index in [1.54, 1.807) is 17.1 Å². The molecule has 2 aromatic carbocycles. The Morgan fingerprint density at radius 2 is 1.55 bits per heavy atom. The number of hydrogen-bond donors (Lipinski definition) is 1. The molecular weight excluding hydrogens is 274 g/mol. The van der Waals surface area contributed by atoms with Crippen LogP contribution in [-0.2, 0) is 5.60 Å². The van der Waals surface area contributed by atoms with E-state index in [0.29, 0.717) is 0 Å². The van der Waals surface area contributed by atoms with Gasteiger partial charge in [-0.25, -0.2) is 9.67 Å². The van der Waals surface area contributed by atoms with E-state index in [0.717, 1.165) is 11.1 Å². The molecule has 0 radical (unpaired) electrons. The first kappa shape index (κ1) is 14.2. The third-order valence-corrected chi connectivity index (χ3v) is 3.80. The molecular formula is C18H17N3O. The van der Waals surface area contributed by atoms with E-state index in [4.69, 9.17) is 0 Å². The molecule has 1 aromatic heterocycles. The molecule has 1 atom stereocenters. The summed E-state index contributed by atoms with van der Waals surface area (Å²) in [4.78, 5) is 3.98. The number of rotatable bonds is 5. The van der Waals surface area contributed by atoms with Crippen LogP contribution in [0.1, 0.15) is 17.2 Å². The highest BCUT2D eigenvalue weighted by atomic mass is 16.3. The summed E-state index contributed by atoms with van der Waals surface area (Å²) in [5.74, 6) is 0. The van der Waals surface area contributed by atoms with Gasteiger partial charge in [-0.05, 0) is 11.1 Å². The fourth-order valence-corrected chi connectivity index (χ4v) is 2.72. The molecule has 0 aliphatic carbocycles. The van der Waals surface area contributed by atoms with Gasteiger partial charge in [0.15, 0.2) is 0 Å². The van der Waals surface area contributed by atoms with E-state index in [2.05, 4.69) is 16.7 Å². The quantitative estimate of drug-likeness (QED) is 0.735. The molecule has 0 saturated heterocycles. The lowest BCUT2D eigenvalue weighted by molar-refractivity contribution is 0.0367. The Hall–Kier alpha value is -2.72. The van der Waals surface area contributed by atoms with Gasteiger partial charge >= 0.3 is 0 Å². The Labute approximate surface area is 129 Å². The summed E-state index contributed by atoms with van der Waals surface area (Å²) in [6.45, 7) is 3.89. The minimum atomic E-state index is -1.28. The SMILES string of the molecule is C=C[C@H](n1cncn1)C(O)(c1ccccc1)c1ccccc1. The Bertz CT molecular complexity index is 684. The Balaban J connectivity index is 2.21. The highest BCUT2D eigenvalue weighted by Crippen LogP contribution is 2.39. The van der Waals surface area contributed by atoms with Crippen LogP contribution in [0.15, 0.2) is 86.0 Å². The average Bonchev–Trinajstić information content (AvgIpc) is 3.11. The predicted molar refractivity (Wildman–Crippen MR) is 85.1 cm³/mol. The molecule has 0 aliphatic heterocycles. The Kier molecular flexibility index (Phi) is 3.85. The predicted octanol–water partition coefficient (Wildman–Crippen LogP) is 2.94. The highest BCUT2D eigenvalue weighted by Gasteiger charge is 2.40. The molecule has 0 fully saturated rings. The summed E-state index contributed by atoms with van der Waals surface area (Å²) < 4.78 is 1.62. The van der Waals surface area contributed by atoms with Crippen LogP contribution in [0, 0.1) is 0 Å². The second kappa shape index (κ2) is 5.95. The summed E-state index contributed by atoms with van der Waals surface area (Å²) in [6.07, 6.45) is 4.73. The van der Waals surface area contributed by atoms with Gasteiger partial charge in [-0.3, -0.25) is 0 Å². The van der Waals surface area contributed by atoms with Gasteiger partial charge in [0.2, 0.25) is 0 Å². The molecule has 0 bridgehead atoms. The third-order valence-electron chi connectivity index (χ3n) is 3.80. The van der Waals surface area contributed by atoms with Crippen LogP contribution in [0.2, 0.25) is 0 Å². The molecule has 4 heteroatoms. The molecule has 3 rings (SSSR count). The van der Waals surface area contributed by atoms with Crippen molar-refractivity contribution in [1.82, 2.24) is 14.8 Å². The minimum absolute atomic E-state index is 0.472. The van der Waals surface area contributed by atoms with Crippen LogP contribution in [0.4, 0.5) is 0 Å². The first-order valence-electron chi connectivity index (χ1n) is 7.07. The van der Waals surface area contributed by atoms with Gasteiger partial charge in [0.25, 0.3) is 0 Å². The zero-order valence-electron chi connectivity index (χ0n) is 12.1. The Morgan fingerprint density at radius 3 is 1.95 bits per heavy atom. The van der Waals surface area contributed by atoms with Crippen molar-refractivity contribution in [2.75, 3.05) is 0 Å². The molecule has 22 heavy (non-hydrogen) atoms. The van der Waals surface area contributed by atoms with Crippen LogP contribution < -0.4 is 0 Å². The van der Waals surface area contributed by atoms with Gasteiger partial charge in [0.1, 0.15) is 24.3 Å².